The number of rotatable bonds is 2. The molecule has 15 heavy (non-hydrogen) atoms. The summed E-state index contributed by atoms with van der Waals surface area (Å²) in [7, 11) is 0. The van der Waals surface area contributed by atoms with Gasteiger partial charge in [-0.2, -0.15) is 0 Å². The Bertz CT molecular complexity index is 390. The number of hydrogen-bond acceptors (Lipinski definition) is 2. The summed E-state index contributed by atoms with van der Waals surface area (Å²) in [6, 6.07) is 4.48. The van der Waals surface area contributed by atoms with Gasteiger partial charge in [0, 0.05) is 16.5 Å². The predicted octanol–water partition coefficient (Wildman–Crippen LogP) is 2.85. The first-order chi connectivity index (χ1) is 7.16. The zero-order chi connectivity index (χ0) is 10.8. The van der Waals surface area contributed by atoms with Gasteiger partial charge in [0.2, 0.25) is 5.91 Å². The molecule has 0 aliphatic heterocycles. The largest absolute Gasteiger partial charge is 0.326 e. The Balaban J connectivity index is 2.03. The molecule has 0 heterocycles. The normalized spacial score (nSPS) is 15.9. The fraction of sp³-hybridized carbons (Fsp3) is 0.364. The smallest absolute Gasteiger partial charge is 0.227 e. The Morgan fingerprint density at radius 2 is 2.20 bits per heavy atom. The van der Waals surface area contributed by atoms with Crippen molar-refractivity contribution in [3.05, 3.63) is 24.0 Å². The van der Waals surface area contributed by atoms with Crippen LogP contribution < -0.4 is 5.32 Å². The molecule has 1 fully saturated rings. The van der Waals surface area contributed by atoms with Crippen molar-refractivity contribution in [2.24, 2.45) is 5.92 Å². The van der Waals surface area contributed by atoms with E-state index in [-0.39, 0.29) is 16.7 Å². The lowest BCUT2D eigenvalue weighted by molar-refractivity contribution is -0.122. The van der Waals surface area contributed by atoms with Crippen LogP contribution in [0.15, 0.2) is 23.1 Å². The molecule has 1 N–H and O–H groups in total. The second kappa shape index (κ2) is 4.23. The molecule has 1 aromatic carbocycles. The van der Waals surface area contributed by atoms with Crippen molar-refractivity contribution in [3.8, 4) is 0 Å². The number of benzene rings is 1. The van der Waals surface area contributed by atoms with Crippen LogP contribution in [0.5, 0.6) is 0 Å². The predicted molar refractivity (Wildman–Crippen MR) is 59.6 cm³/mol. The molecule has 0 aromatic heterocycles. The molecule has 1 aromatic rings. The van der Waals surface area contributed by atoms with Gasteiger partial charge in [0.1, 0.15) is 5.82 Å². The van der Waals surface area contributed by atoms with Gasteiger partial charge in [-0.25, -0.2) is 4.39 Å². The molecule has 0 atom stereocenters. The Labute approximate surface area is 93.3 Å². The van der Waals surface area contributed by atoms with Crippen molar-refractivity contribution in [2.45, 2.75) is 24.2 Å². The fourth-order valence-corrected chi connectivity index (χ4v) is 1.64. The molecular weight excluding hydrogens is 213 g/mol. The molecule has 0 unspecified atom stereocenters. The topological polar surface area (TPSA) is 29.1 Å². The molecule has 2 nitrogen and oxygen atoms in total. The zero-order valence-electron chi connectivity index (χ0n) is 8.16. The van der Waals surface area contributed by atoms with Gasteiger partial charge < -0.3 is 5.32 Å². The van der Waals surface area contributed by atoms with Gasteiger partial charge in [-0.15, -0.1) is 12.6 Å². The SMILES string of the molecule is O=C(Nc1ccc(S)c(F)c1)C1CCC1. The number of hydrogen-bond donors (Lipinski definition) is 2. The van der Waals surface area contributed by atoms with Crippen molar-refractivity contribution in [1.29, 1.82) is 0 Å². The van der Waals surface area contributed by atoms with Crippen LogP contribution in [-0.2, 0) is 4.79 Å². The molecule has 1 aliphatic rings. The molecule has 0 saturated heterocycles. The third-order valence-electron chi connectivity index (χ3n) is 2.69. The van der Waals surface area contributed by atoms with Gasteiger partial charge in [-0.3, -0.25) is 4.79 Å². The van der Waals surface area contributed by atoms with Crippen LogP contribution in [0, 0.1) is 11.7 Å². The van der Waals surface area contributed by atoms with Crippen molar-refractivity contribution in [3.63, 3.8) is 0 Å². The molecule has 0 spiro atoms. The second-order valence-electron chi connectivity index (χ2n) is 3.78. The summed E-state index contributed by atoms with van der Waals surface area (Å²) in [4.78, 5) is 11.8. The quantitative estimate of drug-likeness (QED) is 0.744. The van der Waals surface area contributed by atoms with Crippen LogP contribution in [0.4, 0.5) is 10.1 Å². The van der Waals surface area contributed by atoms with Crippen molar-refractivity contribution < 1.29 is 9.18 Å². The van der Waals surface area contributed by atoms with Crippen LogP contribution in [0.1, 0.15) is 19.3 Å². The van der Waals surface area contributed by atoms with Crippen LogP contribution in [0.2, 0.25) is 0 Å². The van der Waals surface area contributed by atoms with Crippen molar-refractivity contribution >= 4 is 24.2 Å². The average Bonchev–Trinajstić information content (AvgIpc) is 2.08. The number of amides is 1. The summed E-state index contributed by atoms with van der Waals surface area (Å²) in [5.41, 5.74) is 0.502. The van der Waals surface area contributed by atoms with Gasteiger partial charge in [-0.05, 0) is 31.0 Å². The van der Waals surface area contributed by atoms with Crippen LogP contribution in [0.3, 0.4) is 0 Å². The lowest BCUT2D eigenvalue weighted by Crippen LogP contribution is -2.28. The number of thiol groups is 1. The number of carbonyl (C=O) groups is 1. The van der Waals surface area contributed by atoms with Gasteiger partial charge in [0.15, 0.2) is 0 Å². The maximum absolute atomic E-state index is 13.1. The molecule has 1 amide bonds. The zero-order valence-corrected chi connectivity index (χ0v) is 9.06. The molecule has 2 rings (SSSR count). The summed E-state index contributed by atoms with van der Waals surface area (Å²) in [5, 5.41) is 2.70. The van der Waals surface area contributed by atoms with E-state index in [2.05, 4.69) is 17.9 Å². The number of carbonyl (C=O) groups excluding carboxylic acids is 1. The second-order valence-corrected chi connectivity index (χ2v) is 4.27. The summed E-state index contributed by atoms with van der Waals surface area (Å²) >= 11 is 3.92. The van der Waals surface area contributed by atoms with E-state index < -0.39 is 5.82 Å². The van der Waals surface area contributed by atoms with Gasteiger partial charge in [0.25, 0.3) is 0 Å². The van der Waals surface area contributed by atoms with E-state index in [1.165, 1.54) is 12.1 Å². The Hall–Kier alpha value is -1.03. The summed E-state index contributed by atoms with van der Waals surface area (Å²) in [6.07, 6.45) is 3.00. The van der Waals surface area contributed by atoms with Crippen LogP contribution >= 0.6 is 12.6 Å². The monoisotopic (exact) mass is 225 g/mol. The summed E-state index contributed by atoms with van der Waals surface area (Å²) in [5.74, 6) is -0.305. The third-order valence-corrected chi connectivity index (χ3v) is 3.05. The highest BCUT2D eigenvalue weighted by atomic mass is 32.1. The van der Waals surface area contributed by atoms with Crippen molar-refractivity contribution in [1.82, 2.24) is 0 Å². The highest BCUT2D eigenvalue weighted by Crippen LogP contribution is 2.28. The third kappa shape index (κ3) is 2.31. The minimum absolute atomic E-state index is 0.00688. The highest BCUT2D eigenvalue weighted by molar-refractivity contribution is 7.80. The molecule has 80 valence electrons. The standard InChI is InChI=1S/C11H12FNOS/c12-9-6-8(4-5-10(9)15)13-11(14)7-2-1-3-7/h4-7,15H,1-3H2,(H,13,14). The molecule has 1 aliphatic carbocycles. The van der Waals surface area contributed by atoms with E-state index >= 15 is 0 Å². The maximum Gasteiger partial charge on any atom is 0.227 e. The molecular formula is C11H12FNOS. The van der Waals surface area contributed by atoms with E-state index in [1.807, 2.05) is 0 Å². The number of anilines is 1. The molecule has 1 saturated carbocycles. The maximum atomic E-state index is 13.1. The lowest BCUT2D eigenvalue weighted by atomic mass is 9.85. The molecule has 0 bridgehead atoms. The van der Waals surface area contributed by atoms with E-state index in [1.54, 1.807) is 6.07 Å². The first-order valence-electron chi connectivity index (χ1n) is 4.96. The minimum Gasteiger partial charge on any atom is -0.326 e. The summed E-state index contributed by atoms with van der Waals surface area (Å²) < 4.78 is 13.1. The minimum atomic E-state index is -0.412. The fourth-order valence-electron chi connectivity index (χ4n) is 1.50. The van der Waals surface area contributed by atoms with Crippen LogP contribution in [-0.4, -0.2) is 5.91 Å². The molecule has 4 heteroatoms. The first-order valence-corrected chi connectivity index (χ1v) is 5.41. The van der Waals surface area contributed by atoms with E-state index in [9.17, 15) is 9.18 Å². The van der Waals surface area contributed by atoms with Crippen LogP contribution in [0.25, 0.3) is 0 Å². The van der Waals surface area contributed by atoms with Gasteiger partial charge >= 0.3 is 0 Å². The van der Waals surface area contributed by atoms with E-state index in [4.69, 9.17) is 0 Å². The highest BCUT2D eigenvalue weighted by Gasteiger charge is 2.25. The summed E-state index contributed by atoms with van der Waals surface area (Å²) in [6.45, 7) is 0. The molecule has 0 radical (unpaired) electrons. The number of nitrogens with one attached hydrogen (secondary N) is 1. The number of halogens is 1. The van der Waals surface area contributed by atoms with Gasteiger partial charge in [-0.1, -0.05) is 6.42 Å². The van der Waals surface area contributed by atoms with E-state index in [0.29, 0.717) is 5.69 Å². The lowest BCUT2D eigenvalue weighted by Gasteiger charge is -2.24. The van der Waals surface area contributed by atoms with E-state index in [0.717, 1.165) is 19.3 Å². The Morgan fingerprint density at radius 1 is 1.47 bits per heavy atom. The Morgan fingerprint density at radius 3 is 2.73 bits per heavy atom. The van der Waals surface area contributed by atoms with Crippen molar-refractivity contribution in [2.75, 3.05) is 5.32 Å². The van der Waals surface area contributed by atoms with Gasteiger partial charge in [0.05, 0.1) is 0 Å². The first kappa shape index (κ1) is 10.5. The Kier molecular flexibility index (Phi) is 2.95. The average molecular weight is 225 g/mol.